The van der Waals surface area contributed by atoms with Crippen molar-refractivity contribution in [1.29, 1.82) is 0 Å². The molecule has 3 nitrogen and oxygen atoms in total. The summed E-state index contributed by atoms with van der Waals surface area (Å²) in [4.78, 5) is 0. The number of aryl methyl sites for hydroxylation is 1. The maximum absolute atomic E-state index is 6.07. The van der Waals surface area contributed by atoms with Crippen molar-refractivity contribution < 1.29 is 0 Å². The third kappa shape index (κ3) is 1.83. The molecule has 1 aromatic carbocycles. The minimum absolute atomic E-state index is 0.672. The van der Waals surface area contributed by atoms with Gasteiger partial charge in [-0.05, 0) is 12.1 Å². The van der Waals surface area contributed by atoms with Crippen LogP contribution in [0.3, 0.4) is 0 Å². The molecule has 0 bridgehead atoms. The number of nitrogens with zero attached hydrogens (tertiary/aromatic N) is 2. The average Bonchev–Trinajstić information content (AvgIpc) is 2.59. The van der Waals surface area contributed by atoms with Gasteiger partial charge in [-0.1, -0.05) is 23.7 Å². The zero-order valence-electron chi connectivity index (χ0n) is 8.66. The molecule has 0 spiro atoms. The van der Waals surface area contributed by atoms with Crippen molar-refractivity contribution in [2.24, 2.45) is 7.05 Å². The Morgan fingerprint density at radius 2 is 2.20 bits per heavy atom. The van der Waals surface area contributed by atoms with E-state index in [0.717, 1.165) is 16.9 Å². The Bertz CT molecular complexity index is 457. The van der Waals surface area contributed by atoms with Crippen molar-refractivity contribution in [3.05, 3.63) is 35.5 Å². The number of nitrogens with one attached hydrogen (secondary N) is 1. The second-order valence-corrected chi connectivity index (χ2v) is 3.70. The quantitative estimate of drug-likeness (QED) is 0.845. The fourth-order valence-corrected chi connectivity index (χ4v) is 1.83. The monoisotopic (exact) mass is 221 g/mol. The molecule has 1 N–H and O–H groups in total. The molecule has 0 saturated carbocycles. The van der Waals surface area contributed by atoms with Gasteiger partial charge in [0.2, 0.25) is 0 Å². The zero-order valence-corrected chi connectivity index (χ0v) is 9.42. The highest BCUT2D eigenvalue weighted by Gasteiger charge is 2.08. The number of hydrogen-bond acceptors (Lipinski definition) is 2. The van der Waals surface area contributed by atoms with E-state index >= 15 is 0 Å². The van der Waals surface area contributed by atoms with Gasteiger partial charge in [-0.25, -0.2) is 0 Å². The van der Waals surface area contributed by atoms with Gasteiger partial charge in [0.1, 0.15) is 0 Å². The summed E-state index contributed by atoms with van der Waals surface area (Å²) in [6.45, 7) is 0. The van der Waals surface area contributed by atoms with E-state index in [0.29, 0.717) is 5.02 Å². The van der Waals surface area contributed by atoms with Gasteiger partial charge in [0, 0.05) is 25.3 Å². The Hall–Kier alpha value is -1.48. The maximum Gasteiger partial charge on any atom is 0.0866 e. The van der Waals surface area contributed by atoms with Gasteiger partial charge in [-0.2, -0.15) is 5.10 Å². The first-order chi connectivity index (χ1) is 7.22. The van der Waals surface area contributed by atoms with E-state index in [9.17, 15) is 0 Å². The number of anilines is 1. The Morgan fingerprint density at radius 1 is 1.40 bits per heavy atom. The Labute approximate surface area is 93.7 Å². The van der Waals surface area contributed by atoms with Crippen molar-refractivity contribution >= 4 is 17.3 Å². The minimum atomic E-state index is 0.672. The normalized spacial score (nSPS) is 10.3. The molecule has 1 aromatic heterocycles. The van der Waals surface area contributed by atoms with E-state index in [1.807, 2.05) is 38.4 Å². The number of aromatic nitrogens is 2. The second-order valence-electron chi connectivity index (χ2n) is 3.30. The van der Waals surface area contributed by atoms with Gasteiger partial charge in [0.25, 0.3) is 0 Å². The van der Waals surface area contributed by atoms with Crippen LogP contribution in [0.1, 0.15) is 0 Å². The predicted octanol–water partition coefficient (Wildman–Crippen LogP) is 2.78. The summed E-state index contributed by atoms with van der Waals surface area (Å²) >= 11 is 6.07. The molecule has 0 aliphatic rings. The molecular formula is C11H12ClN3. The average molecular weight is 222 g/mol. The summed E-state index contributed by atoms with van der Waals surface area (Å²) in [5, 5.41) is 7.88. The lowest BCUT2D eigenvalue weighted by molar-refractivity contribution is 0.776. The maximum atomic E-state index is 6.07. The van der Waals surface area contributed by atoms with E-state index in [1.165, 1.54) is 0 Å². The van der Waals surface area contributed by atoms with Gasteiger partial charge in [-0.3, -0.25) is 4.68 Å². The smallest absolute Gasteiger partial charge is 0.0866 e. The molecular weight excluding hydrogens is 210 g/mol. The lowest BCUT2D eigenvalue weighted by atomic mass is 10.1. The number of hydrogen-bond donors (Lipinski definition) is 1. The van der Waals surface area contributed by atoms with Crippen molar-refractivity contribution in [2.45, 2.75) is 0 Å². The molecule has 0 radical (unpaired) electrons. The van der Waals surface area contributed by atoms with Crippen molar-refractivity contribution in [3.8, 4) is 11.3 Å². The van der Waals surface area contributed by atoms with Crippen LogP contribution in [0.2, 0.25) is 5.02 Å². The van der Waals surface area contributed by atoms with E-state index in [2.05, 4.69) is 10.4 Å². The molecule has 2 rings (SSSR count). The Kier molecular flexibility index (Phi) is 2.64. The van der Waals surface area contributed by atoms with Crippen LogP contribution in [0.15, 0.2) is 30.5 Å². The van der Waals surface area contributed by atoms with Crippen LogP contribution in [0.4, 0.5) is 5.69 Å². The third-order valence-corrected chi connectivity index (χ3v) is 2.60. The van der Waals surface area contributed by atoms with E-state index in [1.54, 1.807) is 10.9 Å². The lowest BCUT2D eigenvalue weighted by Crippen LogP contribution is -1.94. The van der Waals surface area contributed by atoms with Crippen LogP contribution in [0.25, 0.3) is 11.3 Å². The van der Waals surface area contributed by atoms with Crippen LogP contribution >= 0.6 is 11.6 Å². The Morgan fingerprint density at radius 3 is 2.80 bits per heavy atom. The number of benzene rings is 1. The molecule has 1 heterocycles. The fourth-order valence-electron chi connectivity index (χ4n) is 1.56. The first kappa shape index (κ1) is 10.1. The highest BCUT2D eigenvalue weighted by atomic mass is 35.5. The molecule has 0 aliphatic heterocycles. The SMILES string of the molecule is CNc1cccc(-c2c(Cl)cnn2C)c1. The van der Waals surface area contributed by atoms with Crippen molar-refractivity contribution in [3.63, 3.8) is 0 Å². The second kappa shape index (κ2) is 3.95. The van der Waals surface area contributed by atoms with Crippen molar-refractivity contribution in [1.82, 2.24) is 9.78 Å². The fraction of sp³-hybridized carbons (Fsp3) is 0.182. The molecule has 0 fully saturated rings. The molecule has 15 heavy (non-hydrogen) atoms. The summed E-state index contributed by atoms with van der Waals surface area (Å²) in [5.41, 5.74) is 3.06. The van der Waals surface area contributed by atoms with E-state index in [-0.39, 0.29) is 0 Å². The molecule has 78 valence electrons. The van der Waals surface area contributed by atoms with Gasteiger partial charge < -0.3 is 5.32 Å². The van der Waals surface area contributed by atoms with E-state index < -0.39 is 0 Å². The van der Waals surface area contributed by atoms with Crippen LogP contribution in [0.5, 0.6) is 0 Å². The van der Waals surface area contributed by atoms with Crippen LogP contribution in [-0.2, 0) is 7.05 Å². The molecule has 0 amide bonds. The Balaban J connectivity index is 2.53. The number of rotatable bonds is 2. The van der Waals surface area contributed by atoms with Crippen LogP contribution in [0, 0.1) is 0 Å². The lowest BCUT2D eigenvalue weighted by Gasteiger charge is -2.05. The van der Waals surface area contributed by atoms with Crippen molar-refractivity contribution in [2.75, 3.05) is 12.4 Å². The standard InChI is InChI=1S/C11H12ClN3/c1-13-9-5-3-4-8(6-9)11-10(12)7-14-15(11)2/h3-7,13H,1-2H3. The van der Waals surface area contributed by atoms with Crippen LogP contribution in [-0.4, -0.2) is 16.8 Å². The molecule has 0 unspecified atom stereocenters. The first-order valence-electron chi connectivity index (χ1n) is 4.68. The zero-order chi connectivity index (χ0) is 10.8. The van der Waals surface area contributed by atoms with Gasteiger partial charge in [0.05, 0.1) is 16.9 Å². The van der Waals surface area contributed by atoms with Gasteiger partial charge >= 0.3 is 0 Å². The topological polar surface area (TPSA) is 29.9 Å². The minimum Gasteiger partial charge on any atom is -0.388 e. The highest BCUT2D eigenvalue weighted by Crippen LogP contribution is 2.28. The molecule has 0 atom stereocenters. The molecule has 2 aromatic rings. The molecule has 0 aliphatic carbocycles. The third-order valence-electron chi connectivity index (χ3n) is 2.32. The van der Waals surface area contributed by atoms with E-state index in [4.69, 9.17) is 11.6 Å². The summed E-state index contributed by atoms with van der Waals surface area (Å²) in [7, 11) is 3.78. The summed E-state index contributed by atoms with van der Waals surface area (Å²) in [5.74, 6) is 0. The largest absolute Gasteiger partial charge is 0.388 e. The summed E-state index contributed by atoms with van der Waals surface area (Å²) in [6, 6.07) is 8.06. The summed E-state index contributed by atoms with van der Waals surface area (Å²) in [6.07, 6.45) is 1.66. The predicted molar refractivity (Wildman–Crippen MR) is 63.2 cm³/mol. The summed E-state index contributed by atoms with van der Waals surface area (Å²) < 4.78 is 1.77. The molecule has 0 saturated heterocycles. The highest BCUT2D eigenvalue weighted by molar-refractivity contribution is 6.33. The molecule has 4 heteroatoms. The van der Waals surface area contributed by atoms with Crippen LogP contribution < -0.4 is 5.32 Å². The first-order valence-corrected chi connectivity index (χ1v) is 5.06. The number of halogens is 1. The van der Waals surface area contributed by atoms with Gasteiger partial charge in [-0.15, -0.1) is 0 Å². The van der Waals surface area contributed by atoms with Gasteiger partial charge in [0.15, 0.2) is 0 Å².